The highest BCUT2D eigenvalue weighted by molar-refractivity contribution is 7.80. The van der Waals surface area contributed by atoms with Crippen molar-refractivity contribution in [3.05, 3.63) is 103 Å². The van der Waals surface area contributed by atoms with Crippen molar-refractivity contribution in [1.82, 2.24) is 15.3 Å². The van der Waals surface area contributed by atoms with Gasteiger partial charge in [0, 0.05) is 25.2 Å². The predicted molar refractivity (Wildman–Crippen MR) is 147 cm³/mol. The van der Waals surface area contributed by atoms with Crippen LogP contribution in [0.25, 0.3) is 0 Å². The van der Waals surface area contributed by atoms with E-state index < -0.39 is 0 Å². The smallest absolute Gasteiger partial charge is 0.235 e. The first-order valence-electron chi connectivity index (χ1n) is 12.2. The molecule has 0 aliphatic carbocycles. The highest BCUT2D eigenvalue weighted by atomic mass is 32.1. The lowest BCUT2D eigenvalue weighted by Gasteiger charge is -2.38. The van der Waals surface area contributed by atoms with Crippen molar-refractivity contribution in [3.8, 4) is 23.3 Å². The molecule has 4 aromatic rings. The molecule has 0 saturated carbocycles. The van der Waals surface area contributed by atoms with Crippen LogP contribution < -0.4 is 20.1 Å². The molecule has 188 valence electrons. The second-order valence-corrected chi connectivity index (χ2v) is 9.17. The van der Waals surface area contributed by atoms with E-state index in [4.69, 9.17) is 26.4 Å². The van der Waals surface area contributed by atoms with Gasteiger partial charge in [-0.25, -0.2) is 0 Å². The second-order valence-electron chi connectivity index (χ2n) is 8.76. The Balaban J connectivity index is 1.32. The summed E-state index contributed by atoms with van der Waals surface area (Å²) in [6.07, 6.45) is 1.83. The third-order valence-electron chi connectivity index (χ3n) is 6.26. The molecule has 8 heteroatoms. The first kappa shape index (κ1) is 24.7. The summed E-state index contributed by atoms with van der Waals surface area (Å²) in [7, 11) is 0. The maximum Gasteiger partial charge on any atom is 0.235 e. The fourth-order valence-electron chi connectivity index (χ4n) is 4.30. The molecule has 1 saturated heterocycles. The summed E-state index contributed by atoms with van der Waals surface area (Å²) in [4.78, 5) is 9.02. The highest BCUT2D eigenvalue weighted by Crippen LogP contribution is 2.34. The quantitative estimate of drug-likeness (QED) is 0.275. The molecule has 3 aromatic carbocycles. The van der Waals surface area contributed by atoms with Crippen LogP contribution in [0.4, 0.5) is 5.95 Å². The van der Waals surface area contributed by atoms with E-state index in [9.17, 15) is 0 Å². The number of hydrogen-bond donors (Lipinski definition) is 2. The van der Waals surface area contributed by atoms with Crippen LogP contribution in [0, 0.1) is 0 Å². The topological polar surface area (TPSA) is 77.5 Å². The average molecular weight is 513 g/mol. The zero-order valence-electron chi connectivity index (χ0n) is 20.3. The van der Waals surface area contributed by atoms with E-state index in [-0.39, 0.29) is 11.4 Å². The van der Waals surface area contributed by atoms with Crippen molar-refractivity contribution in [2.75, 3.05) is 25.1 Å². The molecule has 1 aliphatic rings. The van der Waals surface area contributed by atoms with Crippen LogP contribution in [0.5, 0.6) is 23.3 Å². The van der Waals surface area contributed by atoms with Gasteiger partial charge in [0.1, 0.15) is 11.5 Å². The Morgan fingerprint density at radius 1 is 0.784 bits per heavy atom. The Morgan fingerprint density at radius 3 is 1.84 bits per heavy atom. The van der Waals surface area contributed by atoms with E-state index in [2.05, 4.69) is 44.9 Å². The van der Waals surface area contributed by atoms with Crippen molar-refractivity contribution in [3.63, 3.8) is 0 Å². The SMILES string of the molecule is S=C(NCC1(c2ccccc2)CCOCC1)Nc1nc(Oc2ccccc2)cc(Oc2ccccc2)n1. The zero-order valence-corrected chi connectivity index (χ0v) is 21.1. The van der Waals surface area contributed by atoms with E-state index in [1.54, 1.807) is 6.07 Å². The van der Waals surface area contributed by atoms with Crippen LogP contribution in [0.2, 0.25) is 0 Å². The molecule has 2 heterocycles. The second kappa shape index (κ2) is 11.8. The van der Waals surface area contributed by atoms with Crippen LogP contribution in [-0.4, -0.2) is 34.8 Å². The van der Waals surface area contributed by atoms with Crippen molar-refractivity contribution in [2.24, 2.45) is 0 Å². The van der Waals surface area contributed by atoms with Gasteiger partial charge in [0.25, 0.3) is 0 Å². The summed E-state index contributed by atoms with van der Waals surface area (Å²) < 4.78 is 17.6. The van der Waals surface area contributed by atoms with E-state index >= 15 is 0 Å². The number of nitrogens with zero attached hydrogens (tertiary/aromatic N) is 2. The summed E-state index contributed by atoms with van der Waals surface area (Å²) in [5, 5.41) is 6.91. The number of aromatic nitrogens is 2. The lowest BCUT2D eigenvalue weighted by Crippen LogP contribution is -2.45. The van der Waals surface area contributed by atoms with Crippen molar-refractivity contribution >= 4 is 23.3 Å². The molecule has 7 nitrogen and oxygen atoms in total. The molecular weight excluding hydrogens is 484 g/mol. The van der Waals surface area contributed by atoms with E-state index in [1.807, 2.05) is 66.7 Å². The molecule has 0 atom stereocenters. The summed E-state index contributed by atoms with van der Waals surface area (Å²) in [5.41, 5.74) is 1.22. The Hall–Kier alpha value is -4.01. The summed E-state index contributed by atoms with van der Waals surface area (Å²) >= 11 is 5.63. The first-order chi connectivity index (χ1) is 18.2. The molecule has 1 fully saturated rings. The molecule has 0 amide bonds. The predicted octanol–water partition coefficient (Wildman–Crippen LogP) is 6.10. The van der Waals surface area contributed by atoms with E-state index in [1.165, 1.54) is 5.56 Å². The Kier molecular flexibility index (Phi) is 7.88. The lowest BCUT2D eigenvalue weighted by atomic mass is 9.74. The molecular formula is C29H28N4O3S. The third kappa shape index (κ3) is 6.61. The molecule has 0 unspecified atom stereocenters. The first-order valence-corrected chi connectivity index (χ1v) is 12.6. The Morgan fingerprint density at radius 2 is 1.30 bits per heavy atom. The van der Waals surface area contributed by atoms with Gasteiger partial charge in [-0.3, -0.25) is 0 Å². The van der Waals surface area contributed by atoms with Gasteiger partial charge in [0.2, 0.25) is 17.7 Å². The molecule has 0 bridgehead atoms. The zero-order chi connectivity index (χ0) is 25.3. The molecule has 0 spiro atoms. The molecule has 2 N–H and O–H groups in total. The van der Waals surface area contributed by atoms with Gasteiger partial charge in [-0.2, -0.15) is 9.97 Å². The van der Waals surface area contributed by atoms with Crippen molar-refractivity contribution in [1.29, 1.82) is 0 Å². The largest absolute Gasteiger partial charge is 0.439 e. The van der Waals surface area contributed by atoms with Crippen LogP contribution in [0.3, 0.4) is 0 Å². The maximum absolute atomic E-state index is 5.96. The Labute approximate surface area is 221 Å². The number of ether oxygens (including phenoxy) is 3. The molecule has 5 rings (SSSR count). The molecule has 0 radical (unpaired) electrons. The molecule has 1 aromatic heterocycles. The minimum Gasteiger partial charge on any atom is -0.439 e. The average Bonchev–Trinajstić information content (AvgIpc) is 2.94. The summed E-state index contributed by atoms with van der Waals surface area (Å²) in [6, 6.07) is 31.0. The number of benzene rings is 3. The molecule has 37 heavy (non-hydrogen) atoms. The number of thiocarbonyl (C=S) groups is 1. The fraction of sp³-hybridized carbons (Fsp3) is 0.207. The normalized spacial score (nSPS) is 14.4. The van der Waals surface area contributed by atoms with Gasteiger partial charge in [0.15, 0.2) is 5.11 Å². The number of nitrogens with one attached hydrogen (secondary N) is 2. The number of para-hydroxylation sites is 2. The number of hydrogen-bond acceptors (Lipinski definition) is 6. The van der Waals surface area contributed by atoms with Gasteiger partial charge >= 0.3 is 0 Å². The van der Waals surface area contributed by atoms with Crippen molar-refractivity contribution < 1.29 is 14.2 Å². The minimum absolute atomic E-state index is 0.0635. The van der Waals surface area contributed by atoms with E-state index in [0.29, 0.717) is 34.9 Å². The summed E-state index contributed by atoms with van der Waals surface area (Å²) in [6.45, 7) is 2.11. The lowest BCUT2D eigenvalue weighted by molar-refractivity contribution is 0.0515. The highest BCUT2D eigenvalue weighted by Gasteiger charge is 2.34. The number of anilines is 1. The van der Waals surface area contributed by atoms with Gasteiger partial charge in [0.05, 0.1) is 6.07 Å². The van der Waals surface area contributed by atoms with Gasteiger partial charge in [-0.15, -0.1) is 0 Å². The standard InChI is InChI=1S/C29H28N4O3S/c37-28(30-21-29(16-18-34-19-17-29)22-10-4-1-5-11-22)33-27-31-25(35-23-12-6-2-7-13-23)20-26(32-27)36-24-14-8-3-9-15-24/h1-15,20H,16-19,21H2,(H2,30,31,32,33,37). The minimum atomic E-state index is -0.0635. The Bertz CT molecular complexity index is 1240. The van der Waals surface area contributed by atoms with E-state index in [0.717, 1.165) is 26.1 Å². The monoisotopic (exact) mass is 512 g/mol. The van der Waals surface area contributed by atoms with Gasteiger partial charge < -0.3 is 24.8 Å². The van der Waals surface area contributed by atoms with Gasteiger partial charge in [-0.1, -0.05) is 66.7 Å². The summed E-state index contributed by atoms with van der Waals surface area (Å²) in [5.74, 6) is 2.26. The van der Waals surface area contributed by atoms with Crippen LogP contribution in [0.1, 0.15) is 18.4 Å². The van der Waals surface area contributed by atoms with Crippen molar-refractivity contribution in [2.45, 2.75) is 18.3 Å². The maximum atomic E-state index is 5.96. The number of rotatable bonds is 8. The van der Waals surface area contributed by atoms with Gasteiger partial charge in [-0.05, 0) is 54.9 Å². The third-order valence-corrected chi connectivity index (χ3v) is 6.51. The fourth-order valence-corrected chi connectivity index (χ4v) is 4.46. The molecule has 1 aliphatic heterocycles. The van der Waals surface area contributed by atoms with Crippen LogP contribution >= 0.6 is 12.2 Å². The van der Waals surface area contributed by atoms with Crippen LogP contribution in [0.15, 0.2) is 97.1 Å². The van der Waals surface area contributed by atoms with Crippen LogP contribution in [-0.2, 0) is 10.2 Å².